The van der Waals surface area contributed by atoms with E-state index in [1.807, 2.05) is 13.0 Å². The molecule has 0 heterocycles. The number of amides is 1. The van der Waals surface area contributed by atoms with Gasteiger partial charge < -0.3 is 15.2 Å². The number of hydrogen-bond acceptors (Lipinski definition) is 3. The smallest absolute Gasteiger partial charge is 0.260 e. The lowest BCUT2D eigenvalue weighted by Crippen LogP contribution is -2.41. The number of aliphatic hydroxyl groups excluding tert-OH is 1. The van der Waals surface area contributed by atoms with Crippen LogP contribution in [0.2, 0.25) is 0 Å². The Kier molecular flexibility index (Phi) is 6.52. The molecule has 1 aromatic rings. The minimum absolute atomic E-state index is 0.0385. The molecule has 0 saturated carbocycles. The van der Waals surface area contributed by atoms with Crippen LogP contribution in [0, 0.1) is 5.92 Å². The summed E-state index contributed by atoms with van der Waals surface area (Å²) in [5.41, 5.74) is 0.767. The van der Waals surface area contributed by atoms with E-state index in [1.165, 1.54) is 0 Å². The zero-order valence-electron chi connectivity index (χ0n) is 12.7. The van der Waals surface area contributed by atoms with E-state index >= 15 is 0 Å². The van der Waals surface area contributed by atoms with E-state index in [-0.39, 0.29) is 18.6 Å². The minimum atomic E-state index is -0.557. The summed E-state index contributed by atoms with van der Waals surface area (Å²) >= 11 is 0. The van der Waals surface area contributed by atoms with Gasteiger partial charge in [0.15, 0.2) is 6.10 Å². The molecule has 0 aliphatic heterocycles. The second-order valence-corrected chi connectivity index (χ2v) is 5.60. The number of hydrogen-bond donors (Lipinski definition) is 2. The standard InChI is InChI=1S/C16H25NO3/c1-11(2)8-12(3)17-16(19)13(4)20-15-7-5-6-14(9-15)10-18/h5-7,9,11-13,18H,8,10H2,1-4H3,(H,17,19). The Labute approximate surface area is 121 Å². The van der Waals surface area contributed by atoms with Gasteiger partial charge in [-0.15, -0.1) is 0 Å². The van der Waals surface area contributed by atoms with Crippen LogP contribution in [0.3, 0.4) is 0 Å². The van der Waals surface area contributed by atoms with Gasteiger partial charge in [0.05, 0.1) is 6.61 Å². The van der Waals surface area contributed by atoms with Crippen molar-refractivity contribution < 1.29 is 14.6 Å². The summed E-state index contributed by atoms with van der Waals surface area (Å²) in [5, 5.41) is 12.0. The van der Waals surface area contributed by atoms with E-state index in [2.05, 4.69) is 19.2 Å². The Morgan fingerprint density at radius 3 is 2.60 bits per heavy atom. The molecule has 0 spiro atoms. The molecule has 0 aliphatic rings. The van der Waals surface area contributed by atoms with Crippen molar-refractivity contribution in [2.45, 2.75) is 52.9 Å². The summed E-state index contributed by atoms with van der Waals surface area (Å²) in [6.45, 7) is 7.94. The third kappa shape index (κ3) is 5.61. The Balaban J connectivity index is 2.52. The van der Waals surface area contributed by atoms with E-state index in [9.17, 15) is 4.79 Å². The molecule has 1 aromatic carbocycles. The fourth-order valence-electron chi connectivity index (χ4n) is 2.10. The van der Waals surface area contributed by atoms with Gasteiger partial charge in [0.2, 0.25) is 0 Å². The van der Waals surface area contributed by atoms with Gasteiger partial charge in [-0.3, -0.25) is 4.79 Å². The molecule has 1 amide bonds. The third-order valence-corrected chi connectivity index (χ3v) is 2.98. The van der Waals surface area contributed by atoms with Crippen LogP contribution in [0.4, 0.5) is 0 Å². The monoisotopic (exact) mass is 279 g/mol. The average Bonchev–Trinajstić information content (AvgIpc) is 2.37. The van der Waals surface area contributed by atoms with Gasteiger partial charge in [-0.05, 0) is 43.9 Å². The summed E-state index contributed by atoms with van der Waals surface area (Å²) in [6, 6.07) is 7.26. The van der Waals surface area contributed by atoms with E-state index in [0.29, 0.717) is 11.7 Å². The van der Waals surface area contributed by atoms with E-state index in [1.54, 1.807) is 25.1 Å². The zero-order chi connectivity index (χ0) is 15.1. The molecule has 2 atom stereocenters. The van der Waals surface area contributed by atoms with Crippen LogP contribution < -0.4 is 10.1 Å². The predicted molar refractivity (Wildman–Crippen MR) is 79.5 cm³/mol. The quantitative estimate of drug-likeness (QED) is 0.806. The molecular formula is C16H25NO3. The lowest BCUT2D eigenvalue weighted by Gasteiger charge is -2.20. The second-order valence-electron chi connectivity index (χ2n) is 5.60. The summed E-state index contributed by atoms with van der Waals surface area (Å²) in [4.78, 5) is 12.0. The highest BCUT2D eigenvalue weighted by Crippen LogP contribution is 2.15. The van der Waals surface area contributed by atoms with Gasteiger partial charge in [-0.2, -0.15) is 0 Å². The maximum Gasteiger partial charge on any atom is 0.260 e. The molecule has 1 rings (SSSR count). The highest BCUT2D eigenvalue weighted by atomic mass is 16.5. The van der Waals surface area contributed by atoms with E-state index in [4.69, 9.17) is 9.84 Å². The van der Waals surface area contributed by atoms with Crippen LogP contribution in [-0.4, -0.2) is 23.2 Å². The van der Waals surface area contributed by atoms with Crippen molar-refractivity contribution in [3.8, 4) is 5.75 Å². The van der Waals surface area contributed by atoms with Crippen LogP contribution in [0.1, 0.15) is 39.7 Å². The maximum atomic E-state index is 12.0. The molecule has 0 saturated heterocycles. The molecule has 2 unspecified atom stereocenters. The van der Waals surface area contributed by atoms with Gasteiger partial charge in [-0.25, -0.2) is 0 Å². The van der Waals surface area contributed by atoms with Crippen LogP contribution in [0.5, 0.6) is 5.75 Å². The summed E-state index contributed by atoms with van der Waals surface area (Å²) in [6.07, 6.45) is 0.386. The summed E-state index contributed by atoms with van der Waals surface area (Å²) in [7, 11) is 0. The van der Waals surface area contributed by atoms with Gasteiger partial charge in [0.1, 0.15) is 5.75 Å². The molecule has 112 valence electrons. The fourth-order valence-corrected chi connectivity index (χ4v) is 2.10. The van der Waals surface area contributed by atoms with Crippen LogP contribution in [0.15, 0.2) is 24.3 Å². The van der Waals surface area contributed by atoms with Gasteiger partial charge in [-0.1, -0.05) is 26.0 Å². The largest absolute Gasteiger partial charge is 0.481 e. The zero-order valence-corrected chi connectivity index (χ0v) is 12.7. The number of carbonyl (C=O) groups excluding carboxylic acids is 1. The normalized spacial score (nSPS) is 13.9. The SMILES string of the molecule is CC(C)CC(C)NC(=O)C(C)Oc1cccc(CO)c1. The van der Waals surface area contributed by atoms with Crippen molar-refractivity contribution in [3.63, 3.8) is 0 Å². The summed E-state index contributed by atoms with van der Waals surface area (Å²) < 4.78 is 5.60. The molecule has 20 heavy (non-hydrogen) atoms. The number of ether oxygens (including phenoxy) is 1. The van der Waals surface area contributed by atoms with Crippen LogP contribution in [0.25, 0.3) is 0 Å². The molecule has 4 heteroatoms. The topological polar surface area (TPSA) is 58.6 Å². The van der Waals surface area contributed by atoms with Crippen molar-refractivity contribution in [1.29, 1.82) is 0 Å². The second kappa shape index (κ2) is 7.90. The average molecular weight is 279 g/mol. The molecule has 0 aliphatic carbocycles. The fraction of sp³-hybridized carbons (Fsp3) is 0.562. The van der Waals surface area contributed by atoms with Crippen LogP contribution in [-0.2, 0) is 11.4 Å². The van der Waals surface area contributed by atoms with Crippen molar-refractivity contribution >= 4 is 5.91 Å². The Morgan fingerprint density at radius 2 is 2.00 bits per heavy atom. The number of carbonyl (C=O) groups is 1. The predicted octanol–water partition coefficient (Wildman–Crippen LogP) is 2.50. The van der Waals surface area contributed by atoms with E-state index in [0.717, 1.165) is 12.0 Å². The molecule has 2 N–H and O–H groups in total. The van der Waals surface area contributed by atoms with Crippen molar-refractivity contribution in [2.24, 2.45) is 5.92 Å². The molecular weight excluding hydrogens is 254 g/mol. The maximum absolute atomic E-state index is 12.0. The number of rotatable bonds is 7. The first-order valence-corrected chi connectivity index (χ1v) is 7.09. The molecule has 4 nitrogen and oxygen atoms in total. The number of benzene rings is 1. The molecule has 0 bridgehead atoms. The first kappa shape index (κ1) is 16.5. The van der Waals surface area contributed by atoms with Gasteiger partial charge >= 0.3 is 0 Å². The Bertz CT molecular complexity index is 431. The van der Waals surface area contributed by atoms with Crippen molar-refractivity contribution in [1.82, 2.24) is 5.32 Å². The third-order valence-electron chi connectivity index (χ3n) is 2.98. The van der Waals surface area contributed by atoms with E-state index < -0.39 is 6.10 Å². The van der Waals surface area contributed by atoms with Gasteiger partial charge in [0.25, 0.3) is 5.91 Å². The molecule has 0 radical (unpaired) electrons. The number of nitrogens with one attached hydrogen (secondary N) is 1. The van der Waals surface area contributed by atoms with Crippen molar-refractivity contribution in [3.05, 3.63) is 29.8 Å². The lowest BCUT2D eigenvalue weighted by atomic mass is 10.1. The first-order valence-electron chi connectivity index (χ1n) is 7.09. The first-order chi connectivity index (χ1) is 9.42. The highest BCUT2D eigenvalue weighted by Gasteiger charge is 2.17. The highest BCUT2D eigenvalue weighted by molar-refractivity contribution is 5.80. The lowest BCUT2D eigenvalue weighted by molar-refractivity contribution is -0.127. The Morgan fingerprint density at radius 1 is 1.30 bits per heavy atom. The summed E-state index contributed by atoms with van der Waals surface area (Å²) in [5.74, 6) is 1.02. The number of aliphatic hydroxyl groups is 1. The van der Waals surface area contributed by atoms with Crippen molar-refractivity contribution in [2.75, 3.05) is 0 Å². The minimum Gasteiger partial charge on any atom is -0.481 e. The Hall–Kier alpha value is -1.55. The van der Waals surface area contributed by atoms with Crippen LogP contribution >= 0.6 is 0 Å². The van der Waals surface area contributed by atoms with Gasteiger partial charge in [0, 0.05) is 6.04 Å². The molecule has 0 aromatic heterocycles. The molecule has 0 fully saturated rings.